The normalized spacial score (nSPS) is 16.0. The zero-order valence-electron chi connectivity index (χ0n) is 17.8. The van der Waals surface area contributed by atoms with Crippen LogP contribution >= 0.6 is 23.4 Å². The van der Waals surface area contributed by atoms with E-state index in [9.17, 15) is 9.59 Å². The van der Waals surface area contributed by atoms with Crippen LogP contribution in [0.5, 0.6) is 0 Å². The first-order chi connectivity index (χ1) is 14.5. The molecule has 2 amide bonds. The first-order valence-electron chi connectivity index (χ1n) is 10.4. The fraction of sp³-hybridized carbons (Fsp3) is 0.478. The molecule has 1 atom stereocenters. The van der Waals surface area contributed by atoms with Crippen molar-refractivity contribution in [1.82, 2.24) is 14.7 Å². The Labute approximate surface area is 189 Å². The number of halogens is 1. The quantitative estimate of drug-likeness (QED) is 0.448. The van der Waals surface area contributed by atoms with E-state index in [1.807, 2.05) is 34.1 Å². The summed E-state index contributed by atoms with van der Waals surface area (Å²) in [5.41, 5.74) is 0.967. The topological polar surface area (TPSA) is 43.9 Å². The molecule has 1 heterocycles. The van der Waals surface area contributed by atoms with Gasteiger partial charge in [-0.25, -0.2) is 0 Å². The van der Waals surface area contributed by atoms with Crippen LogP contribution in [-0.2, 0) is 9.59 Å². The van der Waals surface area contributed by atoms with Gasteiger partial charge in [0.2, 0.25) is 11.8 Å². The molecule has 164 valence electrons. The summed E-state index contributed by atoms with van der Waals surface area (Å²) in [6.45, 7) is 12.3. The summed E-state index contributed by atoms with van der Waals surface area (Å²) in [6, 6.07) is 7.68. The van der Waals surface area contributed by atoms with Gasteiger partial charge in [-0.15, -0.1) is 24.9 Å². The van der Waals surface area contributed by atoms with Gasteiger partial charge in [-0.3, -0.25) is 14.5 Å². The van der Waals surface area contributed by atoms with E-state index in [-0.39, 0.29) is 30.3 Å². The summed E-state index contributed by atoms with van der Waals surface area (Å²) in [4.78, 5) is 31.5. The Bertz CT molecular complexity index is 733. The van der Waals surface area contributed by atoms with Gasteiger partial charge in [0.15, 0.2) is 0 Å². The third-order valence-electron chi connectivity index (χ3n) is 4.98. The van der Waals surface area contributed by atoms with Crippen molar-refractivity contribution in [1.29, 1.82) is 0 Å². The van der Waals surface area contributed by atoms with Crippen molar-refractivity contribution in [3.63, 3.8) is 0 Å². The highest BCUT2D eigenvalue weighted by atomic mass is 35.5. The number of unbranched alkanes of at least 4 members (excludes halogenated alkanes) is 1. The second-order valence-corrected chi connectivity index (χ2v) is 8.87. The van der Waals surface area contributed by atoms with Crippen LogP contribution in [0.1, 0.15) is 30.7 Å². The van der Waals surface area contributed by atoms with Gasteiger partial charge >= 0.3 is 0 Å². The van der Waals surface area contributed by atoms with Crippen LogP contribution < -0.4 is 0 Å². The number of hydrogen-bond donors (Lipinski definition) is 0. The van der Waals surface area contributed by atoms with Gasteiger partial charge < -0.3 is 9.80 Å². The zero-order valence-corrected chi connectivity index (χ0v) is 19.3. The third kappa shape index (κ3) is 6.89. The van der Waals surface area contributed by atoms with Gasteiger partial charge in [-0.05, 0) is 19.0 Å². The molecule has 0 radical (unpaired) electrons. The van der Waals surface area contributed by atoms with Crippen LogP contribution in [0.4, 0.5) is 0 Å². The summed E-state index contributed by atoms with van der Waals surface area (Å²) in [5.74, 6) is 0.895. The van der Waals surface area contributed by atoms with Crippen LogP contribution in [-0.4, -0.2) is 71.5 Å². The lowest BCUT2D eigenvalue weighted by atomic mass is 10.2. The molecule has 1 fully saturated rings. The smallest absolute Gasteiger partial charge is 0.237 e. The minimum Gasteiger partial charge on any atom is -0.334 e. The maximum absolute atomic E-state index is 13.2. The van der Waals surface area contributed by atoms with E-state index >= 15 is 0 Å². The Kier molecular flexibility index (Phi) is 10.5. The van der Waals surface area contributed by atoms with Gasteiger partial charge in [-0.1, -0.05) is 55.3 Å². The second kappa shape index (κ2) is 12.8. The molecule has 2 rings (SSSR count). The van der Waals surface area contributed by atoms with Gasteiger partial charge in [0, 0.05) is 36.0 Å². The Balaban J connectivity index is 2.08. The molecule has 0 N–H and O–H groups in total. The Hall–Kier alpha value is -1.76. The van der Waals surface area contributed by atoms with Crippen molar-refractivity contribution in [3.05, 3.63) is 60.2 Å². The summed E-state index contributed by atoms with van der Waals surface area (Å²) >= 11 is 8.11. The predicted octanol–water partition coefficient (Wildman–Crippen LogP) is 4.22. The number of carbonyl (C=O) groups excluding carboxylic acids is 2. The average molecular weight is 450 g/mol. The van der Waals surface area contributed by atoms with E-state index in [0.717, 1.165) is 24.2 Å². The van der Waals surface area contributed by atoms with E-state index in [0.29, 0.717) is 31.2 Å². The number of benzene rings is 1. The van der Waals surface area contributed by atoms with Crippen molar-refractivity contribution in [2.45, 2.75) is 25.1 Å². The molecular formula is C23H32ClN3O2S. The maximum Gasteiger partial charge on any atom is 0.237 e. The fourth-order valence-electron chi connectivity index (χ4n) is 3.42. The summed E-state index contributed by atoms with van der Waals surface area (Å²) in [6.07, 6.45) is 5.35. The predicted molar refractivity (Wildman–Crippen MR) is 127 cm³/mol. The maximum atomic E-state index is 13.2. The lowest BCUT2D eigenvalue weighted by Crippen LogP contribution is -2.45. The standard InChI is InChI=1S/C23H32ClN3O2S/c1-4-7-14-25(17-21(28)26(12-5-2)13-6-3)18-22(29)27-15-16-30-23(27)19-10-8-9-11-20(19)24/h5-6,8-11,23H,2-4,7,12-18H2,1H3. The van der Waals surface area contributed by atoms with Crippen molar-refractivity contribution >= 4 is 35.2 Å². The van der Waals surface area contributed by atoms with E-state index in [4.69, 9.17) is 11.6 Å². The lowest BCUT2D eigenvalue weighted by molar-refractivity contribution is -0.135. The van der Waals surface area contributed by atoms with Crippen molar-refractivity contribution < 1.29 is 9.59 Å². The molecule has 0 spiro atoms. The Morgan fingerprint density at radius 2 is 1.93 bits per heavy atom. The molecule has 0 saturated carbocycles. The highest BCUT2D eigenvalue weighted by Crippen LogP contribution is 2.40. The van der Waals surface area contributed by atoms with Crippen LogP contribution in [0.3, 0.4) is 0 Å². The third-order valence-corrected chi connectivity index (χ3v) is 6.57. The highest BCUT2D eigenvalue weighted by molar-refractivity contribution is 7.99. The number of rotatable bonds is 12. The lowest BCUT2D eigenvalue weighted by Gasteiger charge is -2.29. The molecule has 0 aliphatic carbocycles. The summed E-state index contributed by atoms with van der Waals surface area (Å²) in [7, 11) is 0. The van der Waals surface area contributed by atoms with Crippen LogP contribution in [0.2, 0.25) is 5.02 Å². The van der Waals surface area contributed by atoms with Crippen molar-refractivity contribution in [3.8, 4) is 0 Å². The SMILES string of the molecule is C=CCN(CC=C)C(=O)CN(CCCC)CC(=O)N1CCSC1c1ccccc1Cl. The van der Waals surface area contributed by atoms with Gasteiger partial charge in [0.1, 0.15) is 5.37 Å². The van der Waals surface area contributed by atoms with E-state index in [1.54, 1.807) is 28.8 Å². The molecule has 30 heavy (non-hydrogen) atoms. The van der Waals surface area contributed by atoms with E-state index in [2.05, 4.69) is 20.1 Å². The molecule has 1 unspecified atom stereocenters. The average Bonchev–Trinajstić information content (AvgIpc) is 3.22. The van der Waals surface area contributed by atoms with Crippen LogP contribution in [0.15, 0.2) is 49.6 Å². The van der Waals surface area contributed by atoms with E-state index < -0.39 is 0 Å². The second-order valence-electron chi connectivity index (χ2n) is 7.27. The number of thioether (sulfide) groups is 1. The van der Waals surface area contributed by atoms with Crippen LogP contribution in [0.25, 0.3) is 0 Å². The van der Waals surface area contributed by atoms with Gasteiger partial charge in [0.05, 0.1) is 13.1 Å². The molecular weight excluding hydrogens is 418 g/mol. The molecule has 1 aliphatic heterocycles. The monoisotopic (exact) mass is 449 g/mol. The van der Waals surface area contributed by atoms with Crippen LogP contribution in [0, 0.1) is 0 Å². The minimum atomic E-state index is -0.0760. The number of carbonyl (C=O) groups is 2. The minimum absolute atomic E-state index is 0.0165. The van der Waals surface area contributed by atoms with E-state index in [1.165, 1.54) is 0 Å². The zero-order chi connectivity index (χ0) is 21.9. The molecule has 1 aliphatic rings. The molecule has 1 aromatic carbocycles. The fourth-order valence-corrected chi connectivity index (χ4v) is 5.03. The van der Waals surface area contributed by atoms with Crippen molar-refractivity contribution in [2.75, 3.05) is 45.0 Å². The molecule has 1 saturated heterocycles. The van der Waals surface area contributed by atoms with Gasteiger partial charge in [0.25, 0.3) is 0 Å². The first kappa shape index (κ1) is 24.5. The summed E-state index contributed by atoms with van der Waals surface area (Å²) < 4.78 is 0. The largest absolute Gasteiger partial charge is 0.334 e. The summed E-state index contributed by atoms with van der Waals surface area (Å²) in [5, 5.41) is 0.602. The molecule has 1 aromatic rings. The molecule has 0 aromatic heterocycles. The first-order valence-corrected chi connectivity index (χ1v) is 11.8. The highest BCUT2D eigenvalue weighted by Gasteiger charge is 2.32. The Morgan fingerprint density at radius 1 is 1.23 bits per heavy atom. The molecule has 7 heteroatoms. The van der Waals surface area contributed by atoms with Crippen molar-refractivity contribution in [2.24, 2.45) is 0 Å². The Morgan fingerprint density at radius 3 is 2.57 bits per heavy atom. The molecule has 5 nitrogen and oxygen atoms in total. The number of hydrogen-bond acceptors (Lipinski definition) is 4. The number of nitrogens with zero attached hydrogens (tertiary/aromatic N) is 3. The number of amides is 2. The van der Waals surface area contributed by atoms with Gasteiger partial charge in [-0.2, -0.15) is 0 Å². The molecule has 0 bridgehead atoms.